The normalized spacial score (nSPS) is 9.88. The molecule has 2 rings (SSSR count). The third-order valence-electron chi connectivity index (χ3n) is 3.53. The highest BCUT2D eigenvalue weighted by atomic mass is 16.2. The van der Waals surface area contributed by atoms with Crippen LogP contribution in [-0.2, 0) is 22.6 Å². The second-order valence-corrected chi connectivity index (χ2v) is 5.62. The Morgan fingerprint density at radius 3 is 2.46 bits per heavy atom. The van der Waals surface area contributed by atoms with E-state index in [4.69, 9.17) is 5.26 Å². The fourth-order valence-electron chi connectivity index (χ4n) is 2.32. The lowest BCUT2D eigenvalue weighted by Gasteiger charge is -2.17. The van der Waals surface area contributed by atoms with E-state index in [0.29, 0.717) is 17.8 Å². The highest BCUT2D eigenvalue weighted by Gasteiger charge is 2.10. The fourth-order valence-corrected chi connectivity index (χ4v) is 2.32. The van der Waals surface area contributed by atoms with Gasteiger partial charge in [0.25, 0.3) is 0 Å². The van der Waals surface area contributed by atoms with Crippen molar-refractivity contribution in [3.05, 3.63) is 65.2 Å². The Morgan fingerprint density at radius 2 is 1.83 bits per heavy atom. The molecular formula is C19H19N3O2. The predicted molar refractivity (Wildman–Crippen MR) is 92.1 cm³/mol. The number of hydrogen-bond acceptors (Lipinski definition) is 3. The predicted octanol–water partition coefficient (Wildman–Crippen LogP) is 2.72. The van der Waals surface area contributed by atoms with E-state index in [1.54, 1.807) is 36.2 Å². The van der Waals surface area contributed by atoms with Crippen molar-refractivity contribution >= 4 is 17.5 Å². The molecule has 0 atom stereocenters. The first-order valence-electron chi connectivity index (χ1n) is 7.57. The lowest BCUT2D eigenvalue weighted by Crippen LogP contribution is -2.27. The molecule has 2 amide bonds. The molecule has 1 N–H and O–H groups in total. The van der Waals surface area contributed by atoms with Gasteiger partial charge in [0.05, 0.1) is 18.1 Å². The molecule has 2 aromatic rings. The third kappa shape index (κ3) is 4.96. The molecular weight excluding hydrogens is 302 g/mol. The van der Waals surface area contributed by atoms with Crippen LogP contribution in [0.15, 0.2) is 48.5 Å². The number of carbonyl (C=O) groups excluding carboxylic acids is 2. The maximum absolute atomic E-state index is 12.3. The van der Waals surface area contributed by atoms with Crippen molar-refractivity contribution in [3.63, 3.8) is 0 Å². The van der Waals surface area contributed by atoms with Gasteiger partial charge in [-0.25, -0.2) is 0 Å². The van der Waals surface area contributed by atoms with E-state index >= 15 is 0 Å². The first-order valence-corrected chi connectivity index (χ1v) is 7.57. The van der Waals surface area contributed by atoms with E-state index in [0.717, 1.165) is 11.1 Å². The van der Waals surface area contributed by atoms with Crippen molar-refractivity contribution < 1.29 is 9.59 Å². The zero-order chi connectivity index (χ0) is 17.5. The monoisotopic (exact) mass is 321 g/mol. The minimum atomic E-state index is -0.127. The molecule has 122 valence electrons. The van der Waals surface area contributed by atoms with Gasteiger partial charge in [-0.1, -0.05) is 24.3 Å². The maximum Gasteiger partial charge on any atom is 0.227 e. The van der Waals surface area contributed by atoms with E-state index in [1.165, 1.54) is 6.92 Å². The number of nitrogens with one attached hydrogen (secondary N) is 1. The molecule has 5 heteroatoms. The average molecular weight is 321 g/mol. The number of anilines is 1. The number of rotatable bonds is 5. The second-order valence-electron chi connectivity index (χ2n) is 5.62. The summed E-state index contributed by atoms with van der Waals surface area (Å²) in [6.45, 7) is 1.91. The molecule has 0 fully saturated rings. The lowest BCUT2D eigenvalue weighted by molar-refractivity contribution is -0.129. The summed E-state index contributed by atoms with van der Waals surface area (Å²) in [6.07, 6.45) is 0.287. The number of likely N-dealkylation sites (N-methyl/N-ethyl adjacent to an activating group) is 1. The quantitative estimate of drug-likeness (QED) is 0.920. The molecule has 0 unspecified atom stereocenters. The average Bonchev–Trinajstić information content (AvgIpc) is 2.56. The van der Waals surface area contributed by atoms with Crippen LogP contribution in [0.3, 0.4) is 0 Å². The van der Waals surface area contributed by atoms with Crippen LogP contribution in [0.1, 0.15) is 23.6 Å². The van der Waals surface area contributed by atoms with Crippen LogP contribution < -0.4 is 5.32 Å². The largest absolute Gasteiger partial charge is 0.341 e. The minimum Gasteiger partial charge on any atom is -0.341 e. The molecule has 0 aliphatic heterocycles. The van der Waals surface area contributed by atoms with Gasteiger partial charge in [0.2, 0.25) is 11.8 Å². The highest BCUT2D eigenvalue weighted by molar-refractivity contribution is 5.88. The van der Waals surface area contributed by atoms with Gasteiger partial charge in [0, 0.05) is 26.2 Å². The van der Waals surface area contributed by atoms with E-state index in [-0.39, 0.29) is 18.2 Å². The zero-order valence-corrected chi connectivity index (χ0v) is 13.7. The highest BCUT2D eigenvalue weighted by Crippen LogP contribution is 2.12. The Labute approximate surface area is 141 Å². The Hall–Kier alpha value is -3.13. The van der Waals surface area contributed by atoms with Gasteiger partial charge < -0.3 is 10.2 Å². The van der Waals surface area contributed by atoms with Gasteiger partial charge in [0.1, 0.15) is 0 Å². The molecule has 0 radical (unpaired) electrons. The van der Waals surface area contributed by atoms with Gasteiger partial charge in [-0.2, -0.15) is 5.26 Å². The molecule has 2 aromatic carbocycles. The van der Waals surface area contributed by atoms with Crippen LogP contribution in [0, 0.1) is 11.3 Å². The van der Waals surface area contributed by atoms with Crippen LogP contribution in [-0.4, -0.2) is 23.8 Å². The van der Waals surface area contributed by atoms with E-state index in [9.17, 15) is 9.59 Å². The molecule has 0 aromatic heterocycles. The zero-order valence-electron chi connectivity index (χ0n) is 13.7. The molecule has 0 aliphatic carbocycles. The van der Waals surface area contributed by atoms with Crippen molar-refractivity contribution in [1.82, 2.24) is 4.90 Å². The molecule has 0 bridgehead atoms. The number of nitrogens with zero attached hydrogens (tertiary/aromatic N) is 2. The van der Waals surface area contributed by atoms with Gasteiger partial charge in [-0.3, -0.25) is 9.59 Å². The summed E-state index contributed by atoms with van der Waals surface area (Å²) in [5.41, 5.74) is 3.10. The first-order chi connectivity index (χ1) is 11.5. The smallest absolute Gasteiger partial charge is 0.227 e. The number of carbonyl (C=O) groups is 2. The summed E-state index contributed by atoms with van der Waals surface area (Å²) in [4.78, 5) is 25.0. The summed E-state index contributed by atoms with van der Waals surface area (Å²) in [7, 11) is 1.74. The SMILES string of the molecule is CC(=O)Nc1ccc(CC(=O)N(C)Cc2cccc(C#N)c2)cc1. The van der Waals surface area contributed by atoms with Crippen LogP contribution in [0.4, 0.5) is 5.69 Å². The van der Waals surface area contributed by atoms with Crippen molar-refractivity contribution in [2.75, 3.05) is 12.4 Å². The van der Waals surface area contributed by atoms with Gasteiger partial charge in [0.15, 0.2) is 0 Å². The molecule has 0 spiro atoms. The van der Waals surface area contributed by atoms with Gasteiger partial charge in [-0.05, 0) is 35.4 Å². The molecule has 0 aliphatic rings. The van der Waals surface area contributed by atoms with Crippen molar-refractivity contribution in [2.24, 2.45) is 0 Å². The molecule has 24 heavy (non-hydrogen) atoms. The van der Waals surface area contributed by atoms with E-state index < -0.39 is 0 Å². The maximum atomic E-state index is 12.3. The molecule has 0 saturated heterocycles. The van der Waals surface area contributed by atoms with E-state index in [1.807, 2.05) is 24.3 Å². The van der Waals surface area contributed by atoms with Crippen LogP contribution in [0.5, 0.6) is 0 Å². The van der Waals surface area contributed by atoms with Crippen LogP contribution >= 0.6 is 0 Å². The Kier molecular flexibility index (Phi) is 5.69. The molecule has 0 heterocycles. The Morgan fingerprint density at radius 1 is 1.12 bits per heavy atom. The summed E-state index contributed by atoms with van der Waals surface area (Å²) in [5, 5.41) is 11.6. The lowest BCUT2D eigenvalue weighted by atomic mass is 10.1. The van der Waals surface area contributed by atoms with Crippen molar-refractivity contribution in [1.29, 1.82) is 5.26 Å². The first kappa shape index (κ1) is 17.2. The van der Waals surface area contributed by atoms with Crippen molar-refractivity contribution in [2.45, 2.75) is 19.9 Å². The summed E-state index contributed by atoms with van der Waals surface area (Å²) < 4.78 is 0. The summed E-state index contributed by atoms with van der Waals surface area (Å²) in [5.74, 6) is -0.136. The van der Waals surface area contributed by atoms with Gasteiger partial charge >= 0.3 is 0 Å². The number of hydrogen-bond donors (Lipinski definition) is 1. The van der Waals surface area contributed by atoms with E-state index in [2.05, 4.69) is 11.4 Å². The second kappa shape index (κ2) is 7.93. The Bertz CT molecular complexity index is 776. The third-order valence-corrected chi connectivity index (χ3v) is 3.53. The molecule has 0 saturated carbocycles. The Balaban J connectivity index is 1.95. The van der Waals surface area contributed by atoms with Crippen molar-refractivity contribution in [3.8, 4) is 6.07 Å². The minimum absolute atomic E-state index is 0.00959. The summed E-state index contributed by atoms with van der Waals surface area (Å²) >= 11 is 0. The van der Waals surface area contributed by atoms with Gasteiger partial charge in [-0.15, -0.1) is 0 Å². The number of nitriles is 1. The van der Waals surface area contributed by atoms with Crippen LogP contribution in [0.2, 0.25) is 0 Å². The number of benzene rings is 2. The van der Waals surface area contributed by atoms with Crippen LogP contribution in [0.25, 0.3) is 0 Å². The fraction of sp³-hybridized carbons (Fsp3) is 0.211. The topological polar surface area (TPSA) is 73.2 Å². The summed E-state index contributed by atoms with van der Waals surface area (Å²) in [6, 6.07) is 16.5. The number of amides is 2. The standard InChI is InChI=1S/C19H19N3O2/c1-14(23)21-18-8-6-15(7-9-18)11-19(24)22(2)13-17-5-3-4-16(10-17)12-20/h3-10H,11,13H2,1-2H3,(H,21,23). The molecule has 5 nitrogen and oxygen atoms in total.